The number of cyclic esters (lactones) is 1. The monoisotopic (exact) mass is 437 g/mol. The first kappa shape index (κ1) is 26.5. The molecule has 0 aromatic heterocycles. The lowest BCUT2D eigenvalue weighted by atomic mass is 10.1. The zero-order valence-electron chi connectivity index (χ0n) is 18.8. The number of hydrogen-bond donors (Lipinski definition) is 2. The van der Waals surface area contributed by atoms with Crippen LogP contribution in [0.2, 0.25) is 0 Å². The molecule has 3 atom stereocenters. The van der Waals surface area contributed by atoms with Gasteiger partial charge in [0.25, 0.3) is 0 Å². The SMILES string of the molecule is C=CCO.CC1CC(Oc2ccccc2)COCC[C@H](NC(=O)OC(C)(C)C)C(=O)O1. The molecular formula is C23H35NO7. The highest BCUT2D eigenvalue weighted by molar-refractivity contribution is 5.81. The molecule has 0 radical (unpaired) electrons. The summed E-state index contributed by atoms with van der Waals surface area (Å²) in [5, 5.41) is 10.3. The van der Waals surface area contributed by atoms with E-state index >= 15 is 0 Å². The summed E-state index contributed by atoms with van der Waals surface area (Å²) in [6, 6.07) is 8.64. The molecule has 1 saturated heterocycles. The van der Waals surface area contributed by atoms with Crippen molar-refractivity contribution in [2.45, 2.75) is 64.4 Å². The van der Waals surface area contributed by atoms with E-state index in [2.05, 4.69) is 11.9 Å². The van der Waals surface area contributed by atoms with Crippen LogP contribution in [0.4, 0.5) is 4.79 Å². The Morgan fingerprint density at radius 2 is 1.97 bits per heavy atom. The molecule has 8 nitrogen and oxygen atoms in total. The van der Waals surface area contributed by atoms with E-state index in [1.807, 2.05) is 30.3 Å². The van der Waals surface area contributed by atoms with Gasteiger partial charge in [-0.3, -0.25) is 0 Å². The smallest absolute Gasteiger partial charge is 0.408 e. The molecular weight excluding hydrogens is 402 g/mol. The molecule has 1 heterocycles. The second-order valence-electron chi connectivity index (χ2n) is 8.07. The molecule has 2 unspecified atom stereocenters. The highest BCUT2D eigenvalue weighted by Gasteiger charge is 2.29. The van der Waals surface area contributed by atoms with Crippen molar-refractivity contribution in [3.8, 4) is 5.75 Å². The molecule has 0 spiro atoms. The number of carbonyl (C=O) groups excluding carboxylic acids is 2. The van der Waals surface area contributed by atoms with Gasteiger partial charge in [-0.2, -0.15) is 0 Å². The normalized spacial score (nSPS) is 22.1. The van der Waals surface area contributed by atoms with Crippen LogP contribution in [0.1, 0.15) is 40.5 Å². The van der Waals surface area contributed by atoms with Crippen LogP contribution in [0.25, 0.3) is 0 Å². The summed E-state index contributed by atoms with van der Waals surface area (Å²) in [5.41, 5.74) is -0.643. The predicted octanol–water partition coefficient (Wildman–Crippen LogP) is 3.23. The summed E-state index contributed by atoms with van der Waals surface area (Å²) in [6.45, 7) is 11.1. The minimum Gasteiger partial charge on any atom is -0.488 e. The van der Waals surface area contributed by atoms with Gasteiger partial charge in [-0.1, -0.05) is 24.3 Å². The van der Waals surface area contributed by atoms with E-state index in [1.54, 1.807) is 27.7 Å². The number of rotatable bonds is 4. The van der Waals surface area contributed by atoms with Gasteiger partial charge in [0, 0.05) is 19.4 Å². The van der Waals surface area contributed by atoms with E-state index in [4.69, 9.17) is 24.1 Å². The van der Waals surface area contributed by atoms with Gasteiger partial charge in [-0.15, -0.1) is 6.58 Å². The van der Waals surface area contributed by atoms with Crippen LogP contribution < -0.4 is 10.1 Å². The molecule has 0 bridgehead atoms. The number of aliphatic hydroxyl groups is 1. The van der Waals surface area contributed by atoms with Crippen LogP contribution >= 0.6 is 0 Å². The van der Waals surface area contributed by atoms with Crippen molar-refractivity contribution >= 4 is 12.1 Å². The van der Waals surface area contributed by atoms with Crippen LogP contribution in [-0.4, -0.2) is 60.8 Å². The molecule has 1 amide bonds. The Labute approximate surface area is 184 Å². The third-order valence-electron chi connectivity index (χ3n) is 3.92. The Bertz CT molecular complexity index is 672. The van der Waals surface area contributed by atoms with E-state index in [-0.39, 0.29) is 18.8 Å². The zero-order valence-corrected chi connectivity index (χ0v) is 18.8. The van der Waals surface area contributed by atoms with Crippen molar-refractivity contribution in [2.75, 3.05) is 19.8 Å². The summed E-state index contributed by atoms with van der Waals surface area (Å²) in [6.07, 6.45) is 0.948. The number of para-hydroxylation sites is 1. The van der Waals surface area contributed by atoms with Crippen molar-refractivity contribution in [3.05, 3.63) is 43.0 Å². The summed E-state index contributed by atoms with van der Waals surface area (Å²) >= 11 is 0. The average molecular weight is 438 g/mol. The number of alkyl carbamates (subject to hydrolysis) is 1. The summed E-state index contributed by atoms with van der Waals surface area (Å²) in [7, 11) is 0. The number of amides is 1. The second kappa shape index (κ2) is 13.7. The third kappa shape index (κ3) is 12.0. The second-order valence-corrected chi connectivity index (χ2v) is 8.07. The topological polar surface area (TPSA) is 103 Å². The lowest BCUT2D eigenvalue weighted by molar-refractivity contribution is -0.154. The average Bonchev–Trinajstić information content (AvgIpc) is 2.69. The third-order valence-corrected chi connectivity index (χ3v) is 3.92. The number of nitrogens with one attached hydrogen (secondary N) is 1. The number of benzene rings is 1. The fraction of sp³-hybridized carbons (Fsp3) is 0.565. The van der Waals surface area contributed by atoms with E-state index in [1.165, 1.54) is 6.08 Å². The largest absolute Gasteiger partial charge is 0.488 e. The quantitative estimate of drug-likeness (QED) is 0.551. The summed E-state index contributed by atoms with van der Waals surface area (Å²) in [5.74, 6) is 0.239. The maximum Gasteiger partial charge on any atom is 0.408 e. The molecule has 1 aliphatic rings. The van der Waals surface area contributed by atoms with E-state index in [0.29, 0.717) is 26.1 Å². The fourth-order valence-corrected chi connectivity index (χ4v) is 2.66. The Hall–Kier alpha value is -2.58. The fourth-order valence-electron chi connectivity index (χ4n) is 2.66. The van der Waals surface area contributed by atoms with Gasteiger partial charge >= 0.3 is 12.1 Å². The minimum absolute atomic E-state index is 0.0833. The highest BCUT2D eigenvalue weighted by atomic mass is 16.6. The van der Waals surface area contributed by atoms with Gasteiger partial charge in [0.15, 0.2) is 0 Å². The van der Waals surface area contributed by atoms with Crippen molar-refractivity contribution in [2.24, 2.45) is 0 Å². The zero-order chi connectivity index (χ0) is 23.3. The number of ether oxygens (including phenoxy) is 4. The standard InChI is InChI=1S/C20H29NO6.C3H6O/c1-14-12-16(26-15-8-6-5-7-9-15)13-24-11-10-17(18(22)25-14)21-19(23)27-20(2,3)4;1-2-3-4/h5-9,14,16-17H,10-13H2,1-4H3,(H,21,23);2,4H,1,3H2/t14?,16?,17-;/m0./s1. The summed E-state index contributed by atoms with van der Waals surface area (Å²) < 4.78 is 22.3. The molecule has 0 saturated carbocycles. The van der Waals surface area contributed by atoms with Crippen molar-refractivity contribution in [1.29, 1.82) is 0 Å². The molecule has 2 N–H and O–H groups in total. The Balaban J connectivity index is 0.00000110. The summed E-state index contributed by atoms with van der Waals surface area (Å²) in [4.78, 5) is 24.4. The number of carbonyl (C=O) groups is 2. The maximum absolute atomic E-state index is 12.4. The molecule has 1 aromatic carbocycles. The van der Waals surface area contributed by atoms with Gasteiger partial charge in [-0.05, 0) is 39.8 Å². The van der Waals surface area contributed by atoms with Gasteiger partial charge in [0.2, 0.25) is 0 Å². The van der Waals surface area contributed by atoms with Crippen molar-refractivity contribution < 1.29 is 33.6 Å². The Kier molecular flexibility index (Phi) is 11.7. The van der Waals surface area contributed by atoms with E-state index in [9.17, 15) is 9.59 Å². The molecule has 174 valence electrons. The van der Waals surface area contributed by atoms with Gasteiger partial charge in [-0.25, -0.2) is 9.59 Å². The minimum atomic E-state index is -0.811. The predicted molar refractivity (Wildman–Crippen MR) is 117 cm³/mol. The van der Waals surface area contributed by atoms with Crippen molar-refractivity contribution in [1.82, 2.24) is 5.32 Å². The Morgan fingerprint density at radius 3 is 2.55 bits per heavy atom. The van der Waals surface area contributed by atoms with Crippen molar-refractivity contribution in [3.63, 3.8) is 0 Å². The van der Waals surface area contributed by atoms with Gasteiger partial charge < -0.3 is 29.4 Å². The molecule has 2 rings (SSSR count). The lowest BCUT2D eigenvalue weighted by Gasteiger charge is -2.27. The molecule has 1 aromatic rings. The first-order valence-electron chi connectivity index (χ1n) is 10.4. The van der Waals surface area contributed by atoms with E-state index in [0.717, 1.165) is 5.75 Å². The van der Waals surface area contributed by atoms with Crippen LogP contribution in [0.5, 0.6) is 5.75 Å². The first-order valence-corrected chi connectivity index (χ1v) is 10.4. The first-order chi connectivity index (χ1) is 14.6. The van der Waals surface area contributed by atoms with Crippen LogP contribution in [0.3, 0.4) is 0 Å². The molecule has 0 aliphatic carbocycles. The highest BCUT2D eigenvalue weighted by Crippen LogP contribution is 2.17. The van der Waals surface area contributed by atoms with Crippen LogP contribution in [-0.2, 0) is 19.0 Å². The van der Waals surface area contributed by atoms with Gasteiger partial charge in [0.05, 0.1) is 13.2 Å². The molecule has 31 heavy (non-hydrogen) atoms. The molecule has 8 heteroatoms. The number of hydrogen-bond acceptors (Lipinski definition) is 7. The lowest BCUT2D eigenvalue weighted by Crippen LogP contribution is -2.46. The van der Waals surface area contributed by atoms with E-state index < -0.39 is 23.7 Å². The maximum atomic E-state index is 12.4. The van der Waals surface area contributed by atoms with Gasteiger partial charge in [0.1, 0.15) is 29.6 Å². The number of esters is 1. The number of aliphatic hydroxyl groups excluding tert-OH is 1. The molecule has 1 fully saturated rings. The van der Waals surface area contributed by atoms with Crippen LogP contribution in [0.15, 0.2) is 43.0 Å². The van der Waals surface area contributed by atoms with Crippen LogP contribution in [0, 0.1) is 0 Å². The Morgan fingerprint density at radius 1 is 1.32 bits per heavy atom. The molecule has 1 aliphatic heterocycles.